The van der Waals surface area contributed by atoms with Crippen LogP contribution in [0.5, 0.6) is 0 Å². The Morgan fingerprint density at radius 1 is 1.33 bits per heavy atom. The Morgan fingerprint density at radius 2 is 2.06 bits per heavy atom. The number of benzene rings is 1. The van der Waals surface area contributed by atoms with Crippen LogP contribution in [0.2, 0.25) is 0 Å². The molecule has 0 aliphatic carbocycles. The van der Waals surface area contributed by atoms with Crippen molar-refractivity contribution < 1.29 is 9.53 Å². The summed E-state index contributed by atoms with van der Waals surface area (Å²) < 4.78 is 5.53. The molecule has 1 heterocycles. The second kappa shape index (κ2) is 5.53. The lowest BCUT2D eigenvalue weighted by Gasteiger charge is -2.27. The number of hydrogen-bond donors (Lipinski definition) is 1. The van der Waals surface area contributed by atoms with Gasteiger partial charge < -0.3 is 10.1 Å². The summed E-state index contributed by atoms with van der Waals surface area (Å²) in [7, 11) is 0. The Balaban J connectivity index is 2.13. The van der Waals surface area contributed by atoms with Crippen LogP contribution in [0.25, 0.3) is 0 Å². The third-order valence-electron chi connectivity index (χ3n) is 3.62. The molecule has 98 valence electrons. The molecule has 0 bridgehead atoms. The summed E-state index contributed by atoms with van der Waals surface area (Å²) in [4.78, 5) is 12.2. The molecule has 1 aromatic carbocycles. The summed E-state index contributed by atoms with van der Waals surface area (Å²) >= 11 is 0. The lowest BCUT2D eigenvalue weighted by atomic mass is 9.91. The predicted molar refractivity (Wildman–Crippen MR) is 71.3 cm³/mol. The van der Waals surface area contributed by atoms with Crippen LogP contribution >= 0.6 is 0 Å². The van der Waals surface area contributed by atoms with E-state index in [0.717, 1.165) is 12.1 Å². The van der Waals surface area contributed by atoms with Gasteiger partial charge in [-0.3, -0.25) is 4.79 Å². The van der Waals surface area contributed by atoms with E-state index in [2.05, 4.69) is 25.2 Å². The van der Waals surface area contributed by atoms with Crippen LogP contribution in [-0.2, 0) is 16.1 Å². The van der Waals surface area contributed by atoms with Gasteiger partial charge in [0.25, 0.3) is 0 Å². The second-order valence-electron chi connectivity index (χ2n) is 5.27. The molecule has 0 saturated heterocycles. The zero-order valence-electron chi connectivity index (χ0n) is 11.3. The summed E-state index contributed by atoms with van der Waals surface area (Å²) in [5.74, 6) is 0.0627. The average Bonchev–Trinajstić information content (AvgIpc) is 2.37. The van der Waals surface area contributed by atoms with Crippen molar-refractivity contribution in [2.75, 3.05) is 6.54 Å². The van der Waals surface area contributed by atoms with Crippen LogP contribution in [0.4, 0.5) is 0 Å². The highest BCUT2D eigenvalue weighted by molar-refractivity contribution is 5.79. The summed E-state index contributed by atoms with van der Waals surface area (Å²) in [6, 6.07) is 8.08. The molecule has 0 radical (unpaired) electrons. The maximum Gasteiger partial charge on any atom is 0.315 e. The van der Waals surface area contributed by atoms with Crippen molar-refractivity contribution in [2.24, 2.45) is 5.92 Å². The van der Waals surface area contributed by atoms with Crippen LogP contribution in [0, 0.1) is 5.92 Å². The Kier molecular flexibility index (Phi) is 4.02. The van der Waals surface area contributed by atoms with Crippen molar-refractivity contribution in [2.45, 2.75) is 39.3 Å². The van der Waals surface area contributed by atoms with Gasteiger partial charge in [-0.1, -0.05) is 38.1 Å². The van der Waals surface area contributed by atoms with Gasteiger partial charge in [0.2, 0.25) is 0 Å². The van der Waals surface area contributed by atoms with Crippen LogP contribution < -0.4 is 5.32 Å². The highest BCUT2D eigenvalue weighted by atomic mass is 16.5. The van der Waals surface area contributed by atoms with Gasteiger partial charge in [-0.2, -0.15) is 0 Å². The summed E-state index contributed by atoms with van der Waals surface area (Å²) in [5.41, 5.74) is 2.31. The molecule has 2 rings (SSSR count). The van der Waals surface area contributed by atoms with E-state index in [1.165, 1.54) is 5.56 Å². The molecule has 2 unspecified atom stereocenters. The monoisotopic (exact) mass is 247 g/mol. The first-order chi connectivity index (χ1) is 8.59. The zero-order valence-corrected chi connectivity index (χ0v) is 11.3. The number of carbonyl (C=O) groups is 1. The second-order valence-corrected chi connectivity index (χ2v) is 5.27. The number of ether oxygens (including phenoxy) is 1. The first-order valence-corrected chi connectivity index (χ1v) is 6.58. The SMILES string of the molecule is CC(C)C(C)OC(=O)C1CNCc2ccccc21. The molecular weight excluding hydrogens is 226 g/mol. The molecule has 2 atom stereocenters. The fourth-order valence-corrected chi connectivity index (χ4v) is 2.11. The number of esters is 1. The van der Waals surface area contributed by atoms with Gasteiger partial charge in [-0.25, -0.2) is 0 Å². The molecular formula is C15H21NO2. The van der Waals surface area contributed by atoms with Crippen LogP contribution in [0.3, 0.4) is 0 Å². The van der Waals surface area contributed by atoms with Gasteiger partial charge in [-0.05, 0) is 24.0 Å². The molecule has 1 aliphatic rings. The summed E-state index contributed by atoms with van der Waals surface area (Å²) in [6.07, 6.45) is -0.0356. The number of carbonyl (C=O) groups excluding carboxylic acids is 1. The molecule has 1 aliphatic heterocycles. The van der Waals surface area contributed by atoms with Crippen molar-refractivity contribution >= 4 is 5.97 Å². The van der Waals surface area contributed by atoms with E-state index >= 15 is 0 Å². The molecule has 1 N–H and O–H groups in total. The Labute approximate surface area is 109 Å². The van der Waals surface area contributed by atoms with E-state index in [-0.39, 0.29) is 18.0 Å². The Bertz CT molecular complexity index is 428. The van der Waals surface area contributed by atoms with E-state index in [1.54, 1.807) is 0 Å². The third kappa shape index (κ3) is 2.72. The quantitative estimate of drug-likeness (QED) is 0.834. The Morgan fingerprint density at radius 3 is 2.78 bits per heavy atom. The van der Waals surface area contributed by atoms with Crippen molar-refractivity contribution in [3.05, 3.63) is 35.4 Å². The normalized spacial score (nSPS) is 20.3. The van der Waals surface area contributed by atoms with Gasteiger partial charge in [-0.15, -0.1) is 0 Å². The Hall–Kier alpha value is -1.35. The topological polar surface area (TPSA) is 38.3 Å². The minimum atomic E-state index is -0.170. The van der Waals surface area contributed by atoms with Crippen LogP contribution in [0.15, 0.2) is 24.3 Å². The van der Waals surface area contributed by atoms with Gasteiger partial charge in [0.15, 0.2) is 0 Å². The number of nitrogens with one attached hydrogen (secondary N) is 1. The van der Waals surface area contributed by atoms with Crippen LogP contribution in [0.1, 0.15) is 37.8 Å². The molecule has 0 spiro atoms. The van der Waals surface area contributed by atoms with Crippen molar-refractivity contribution in [1.82, 2.24) is 5.32 Å². The van der Waals surface area contributed by atoms with Gasteiger partial charge >= 0.3 is 5.97 Å². The van der Waals surface area contributed by atoms with E-state index in [1.807, 2.05) is 25.1 Å². The minimum Gasteiger partial charge on any atom is -0.462 e. The smallest absolute Gasteiger partial charge is 0.315 e. The molecule has 1 aromatic rings. The van der Waals surface area contributed by atoms with Gasteiger partial charge in [0.05, 0.1) is 5.92 Å². The number of hydrogen-bond acceptors (Lipinski definition) is 3. The van der Waals surface area contributed by atoms with Crippen molar-refractivity contribution in [3.63, 3.8) is 0 Å². The summed E-state index contributed by atoms with van der Waals surface area (Å²) in [6.45, 7) is 7.57. The molecule has 0 aromatic heterocycles. The standard InChI is InChI=1S/C15H21NO2/c1-10(2)11(3)18-15(17)14-9-16-8-12-6-4-5-7-13(12)14/h4-7,10-11,14,16H,8-9H2,1-3H3. The number of fused-ring (bicyclic) bond motifs is 1. The molecule has 3 nitrogen and oxygen atoms in total. The fourth-order valence-electron chi connectivity index (χ4n) is 2.11. The predicted octanol–water partition coefficient (Wildman–Crippen LogP) is 2.46. The van der Waals surface area contributed by atoms with E-state index in [0.29, 0.717) is 12.5 Å². The molecule has 0 amide bonds. The third-order valence-corrected chi connectivity index (χ3v) is 3.62. The number of rotatable bonds is 3. The first kappa shape index (κ1) is 13.1. The zero-order chi connectivity index (χ0) is 13.1. The molecule has 18 heavy (non-hydrogen) atoms. The maximum atomic E-state index is 12.2. The van der Waals surface area contributed by atoms with E-state index < -0.39 is 0 Å². The summed E-state index contributed by atoms with van der Waals surface area (Å²) in [5, 5.41) is 3.27. The largest absolute Gasteiger partial charge is 0.462 e. The minimum absolute atomic E-state index is 0.0356. The first-order valence-electron chi connectivity index (χ1n) is 6.58. The molecule has 3 heteroatoms. The van der Waals surface area contributed by atoms with Crippen molar-refractivity contribution in [3.8, 4) is 0 Å². The van der Waals surface area contributed by atoms with E-state index in [9.17, 15) is 4.79 Å². The lowest BCUT2D eigenvalue weighted by molar-refractivity contribution is -0.152. The van der Waals surface area contributed by atoms with Gasteiger partial charge in [0, 0.05) is 13.1 Å². The highest BCUT2D eigenvalue weighted by Crippen LogP contribution is 2.25. The maximum absolute atomic E-state index is 12.2. The lowest BCUT2D eigenvalue weighted by Crippen LogP contribution is -2.35. The van der Waals surface area contributed by atoms with Gasteiger partial charge in [0.1, 0.15) is 6.10 Å². The molecule has 0 saturated carbocycles. The van der Waals surface area contributed by atoms with Crippen molar-refractivity contribution in [1.29, 1.82) is 0 Å². The van der Waals surface area contributed by atoms with Crippen LogP contribution in [-0.4, -0.2) is 18.6 Å². The fraction of sp³-hybridized carbons (Fsp3) is 0.533. The van der Waals surface area contributed by atoms with E-state index in [4.69, 9.17) is 4.74 Å². The average molecular weight is 247 g/mol. The highest BCUT2D eigenvalue weighted by Gasteiger charge is 2.28. The molecule has 0 fully saturated rings.